The Morgan fingerprint density at radius 1 is 1.57 bits per heavy atom. The molecule has 1 aliphatic heterocycles. The molecule has 0 unspecified atom stereocenters. The van der Waals surface area contributed by atoms with Crippen LogP contribution in [0, 0.1) is 0 Å². The summed E-state index contributed by atoms with van der Waals surface area (Å²) in [4.78, 5) is 6.22. The Bertz CT molecular complexity index is 317. The first-order chi connectivity index (χ1) is 6.72. The Morgan fingerprint density at radius 2 is 2.36 bits per heavy atom. The third kappa shape index (κ3) is 1.71. The van der Waals surface area contributed by atoms with Gasteiger partial charge in [-0.2, -0.15) is 0 Å². The number of rotatable bonds is 2. The Balaban J connectivity index is 2.33. The minimum Gasteiger partial charge on any atom is -0.309 e. The van der Waals surface area contributed by atoms with Crippen molar-refractivity contribution in [3.63, 3.8) is 0 Å². The van der Waals surface area contributed by atoms with Gasteiger partial charge in [0.2, 0.25) is 0 Å². The third-order valence-corrected chi connectivity index (χ3v) is 4.23. The van der Waals surface area contributed by atoms with Crippen LogP contribution in [0.1, 0.15) is 54.7 Å². The van der Waals surface area contributed by atoms with Crippen molar-refractivity contribution in [2.75, 3.05) is 6.54 Å². The zero-order chi connectivity index (χ0) is 10.1. The predicted molar refractivity (Wildman–Crippen MR) is 60.9 cm³/mol. The maximum Gasteiger partial charge on any atom is 0.0957 e. The molecule has 1 aromatic heterocycles. The fraction of sp³-hybridized carbons (Fsp3) is 0.727. The standard InChI is InChI=1S/C11H18N2S/c1-4-8-10-9(5-6-12-8)13-11(14-10)7(2)3/h7-8,12H,4-6H2,1-3H3/t8-/m0/s1. The molecule has 2 heterocycles. The van der Waals surface area contributed by atoms with Gasteiger partial charge in [-0.05, 0) is 6.42 Å². The summed E-state index contributed by atoms with van der Waals surface area (Å²) in [5.41, 5.74) is 1.35. The largest absolute Gasteiger partial charge is 0.309 e. The third-order valence-electron chi connectivity index (χ3n) is 2.72. The molecule has 0 bridgehead atoms. The van der Waals surface area contributed by atoms with Crippen LogP contribution in [-0.2, 0) is 6.42 Å². The Labute approximate surface area is 89.8 Å². The van der Waals surface area contributed by atoms with Crippen LogP contribution in [0.25, 0.3) is 0 Å². The molecule has 3 heteroatoms. The van der Waals surface area contributed by atoms with Crippen LogP contribution in [0.5, 0.6) is 0 Å². The molecule has 78 valence electrons. The maximum absolute atomic E-state index is 4.73. The molecule has 1 N–H and O–H groups in total. The lowest BCUT2D eigenvalue weighted by molar-refractivity contribution is 0.496. The highest BCUT2D eigenvalue weighted by Crippen LogP contribution is 2.33. The van der Waals surface area contributed by atoms with E-state index in [-0.39, 0.29) is 0 Å². The summed E-state index contributed by atoms with van der Waals surface area (Å²) < 4.78 is 0. The van der Waals surface area contributed by atoms with Gasteiger partial charge in [-0.15, -0.1) is 11.3 Å². The van der Waals surface area contributed by atoms with E-state index in [2.05, 4.69) is 26.1 Å². The molecule has 2 nitrogen and oxygen atoms in total. The molecule has 1 aliphatic rings. The Morgan fingerprint density at radius 3 is 3.00 bits per heavy atom. The number of hydrogen-bond donors (Lipinski definition) is 1. The van der Waals surface area contributed by atoms with E-state index in [0.29, 0.717) is 12.0 Å². The van der Waals surface area contributed by atoms with Gasteiger partial charge in [-0.1, -0.05) is 20.8 Å². The second-order valence-corrected chi connectivity index (χ2v) is 5.24. The fourth-order valence-electron chi connectivity index (χ4n) is 1.87. The average Bonchev–Trinajstić information content (AvgIpc) is 2.60. The summed E-state index contributed by atoms with van der Waals surface area (Å²) in [5, 5.41) is 4.85. The van der Waals surface area contributed by atoms with Crippen molar-refractivity contribution in [2.45, 2.75) is 45.6 Å². The number of fused-ring (bicyclic) bond motifs is 1. The molecule has 0 spiro atoms. The van der Waals surface area contributed by atoms with Crippen molar-refractivity contribution in [3.8, 4) is 0 Å². The molecule has 0 aromatic carbocycles. The van der Waals surface area contributed by atoms with E-state index in [1.54, 1.807) is 0 Å². The summed E-state index contributed by atoms with van der Waals surface area (Å²) in [6, 6.07) is 0.559. The zero-order valence-corrected chi connectivity index (χ0v) is 9.95. The molecule has 1 atom stereocenters. The van der Waals surface area contributed by atoms with Gasteiger partial charge in [-0.25, -0.2) is 4.98 Å². The van der Waals surface area contributed by atoms with Gasteiger partial charge < -0.3 is 5.32 Å². The molecule has 1 aromatic rings. The fourth-order valence-corrected chi connectivity index (χ4v) is 3.14. The minimum atomic E-state index is 0.559. The van der Waals surface area contributed by atoms with Gasteiger partial charge in [0.1, 0.15) is 0 Å². The quantitative estimate of drug-likeness (QED) is 0.812. The second-order valence-electron chi connectivity index (χ2n) is 4.18. The van der Waals surface area contributed by atoms with Gasteiger partial charge >= 0.3 is 0 Å². The van der Waals surface area contributed by atoms with Crippen LogP contribution in [0.3, 0.4) is 0 Å². The van der Waals surface area contributed by atoms with Crippen molar-refractivity contribution in [1.29, 1.82) is 0 Å². The lowest BCUT2D eigenvalue weighted by Gasteiger charge is -2.21. The average molecular weight is 210 g/mol. The van der Waals surface area contributed by atoms with E-state index < -0.39 is 0 Å². The molecular formula is C11H18N2S. The van der Waals surface area contributed by atoms with Crippen LogP contribution in [0.2, 0.25) is 0 Å². The van der Waals surface area contributed by atoms with E-state index in [1.807, 2.05) is 11.3 Å². The lowest BCUT2D eigenvalue weighted by Crippen LogP contribution is -2.28. The minimum absolute atomic E-state index is 0.559. The van der Waals surface area contributed by atoms with E-state index in [1.165, 1.54) is 22.0 Å². The monoisotopic (exact) mass is 210 g/mol. The molecule has 0 radical (unpaired) electrons. The summed E-state index contributed by atoms with van der Waals surface area (Å²) in [5.74, 6) is 0.572. The molecule has 0 fully saturated rings. The van der Waals surface area contributed by atoms with E-state index in [0.717, 1.165) is 13.0 Å². The van der Waals surface area contributed by atoms with Gasteiger partial charge in [0.25, 0.3) is 0 Å². The highest BCUT2D eigenvalue weighted by Gasteiger charge is 2.23. The van der Waals surface area contributed by atoms with Crippen LogP contribution >= 0.6 is 11.3 Å². The van der Waals surface area contributed by atoms with Crippen LogP contribution in [0.15, 0.2) is 0 Å². The SMILES string of the molecule is CC[C@@H]1NCCc2nc(C(C)C)sc21. The summed E-state index contributed by atoms with van der Waals surface area (Å²) in [7, 11) is 0. The van der Waals surface area contributed by atoms with Crippen molar-refractivity contribution in [1.82, 2.24) is 10.3 Å². The lowest BCUT2D eigenvalue weighted by atomic mass is 10.1. The highest BCUT2D eigenvalue weighted by molar-refractivity contribution is 7.12. The second kappa shape index (κ2) is 3.99. The summed E-state index contributed by atoms with van der Waals surface area (Å²) in [6.07, 6.45) is 2.28. The Kier molecular flexibility index (Phi) is 2.88. The van der Waals surface area contributed by atoms with Crippen LogP contribution in [-0.4, -0.2) is 11.5 Å². The molecule has 0 saturated heterocycles. The van der Waals surface area contributed by atoms with E-state index in [9.17, 15) is 0 Å². The normalized spacial score (nSPS) is 21.3. The molecule has 0 amide bonds. The Hall–Kier alpha value is -0.410. The number of thiazole rings is 1. The topological polar surface area (TPSA) is 24.9 Å². The molecular weight excluding hydrogens is 192 g/mol. The number of hydrogen-bond acceptors (Lipinski definition) is 3. The zero-order valence-electron chi connectivity index (χ0n) is 9.13. The van der Waals surface area contributed by atoms with E-state index >= 15 is 0 Å². The summed E-state index contributed by atoms with van der Waals surface area (Å²) in [6.45, 7) is 7.77. The molecule has 2 rings (SSSR count). The van der Waals surface area contributed by atoms with Gasteiger partial charge in [0.05, 0.1) is 10.7 Å². The summed E-state index contributed by atoms with van der Waals surface area (Å²) >= 11 is 1.90. The van der Waals surface area contributed by atoms with Gasteiger partial charge in [0.15, 0.2) is 0 Å². The molecule has 0 saturated carbocycles. The van der Waals surface area contributed by atoms with Crippen LogP contribution < -0.4 is 5.32 Å². The van der Waals surface area contributed by atoms with Crippen molar-refractivity contribution < 1.29 is 0 Å². The van der Waals surface area contributed by atoms with Crippen molar-refractivity contribution >= 4 is 11.3 Å². The molecule has 14 heavy (non-hydrogen) atoms. The number of aromatic nitrogens is 1. The first kappa shape index (κ1) is 10.1. The first-order valence-corrected chi connectivity index (χ1v) is 6.27. The van der Waals surface area contributed by atoms with Crippen molar-refractivity contribution in [3.05, 3.63) is 15.6 Å². The van der Waals surface area contributed by atoms with Crippen molar-refractivity contribution in [2.24, 2.45) is 0 Å². The number of nitrogens with zero attached hydrogens (tertiary/aromatic N) is 1. The highest BCUT2D eigenvalue weighted by atomic mass is 32.1. The first-order valence-electron chi connectivity index (χ1n) is 5.45. The smallest absolute Gasteiger partial charge is 0.0957 e. The number of nitrogens with one attached hydrogen (secondary N) is 1. The van der Waals surface area contributed by atoms with E-state index in [4.69, 9.17) is 4.98 Å². The van der Waals surface area contributed by atoms with Gasteiger partial charge in [-0.3, -0.25) is 0 Å². The van der Waals surface area contributed by atoms with Crippen LogP contribution in [0.4, 0.5) is 0 Å². The maximum atomic E-state index is 4.73. The van der Waals surface area contributed by atoms with Gasteiger partial charge in [0, 0.05) is 29.8 Å². The predicted octanol–water partition coefficient (Wildman–Crippen LogP) is 2.86. The molecule has 0 aliphatic carbocycles.